The van der Waals surface area contributed by atoms with Crippen molar-refractivity contribution in [2.75, 3.05) is 29.1 Å². The van der Waals surface area contributed by atoms with Gasteiger partial charge in [0.25, 0.3) is 0 Å². The molecule has 122 valence electrons. The third-order valence-corrected chi connectivity index (χ3v) is 4.88. The highest BCUT2D eigenvalue weighted by Crippen LogP contribution is 2.26. The summed E-state index contributed by atoms with van der Waals surface area (Å²) in [6.07, 6.45) is 1.74. The van der Waals surface area contributed by atoms with Crippen LogP contribution in [0.1, 0.15) is 6.92 Å². The van der Waals surface area contributed by atoms with E-state index in [2.05, 4.69) is 22.1 Å². The molecule has 0 aliphatic heterocycles. The van der Waals surface area contributed by atoms with Crippen LogP contribution in [0.25, 0.3) is 0 Å². The molecule has 23 heavy (non-hydrogen) atoms. The number of amides is 1. The number of rotatable bonds is 8. The number of carbonyl (C=O) groups is 1. The van der Waals surface area contributed by atoms with Gasteiger partial charge in [-0.15, -0.1) is 16.8 Å². The van der Waals surface area contributed by atoms with E-state index in [0.717, 1.165) is 4.34 Å². The van der Waals surface area contributed by atoms with Gasteiger partial charge in [0, 0.05) is 18.8 Å². The Morgan fingerprint density at radius 3 is 2.83 bits per heavy atom. The van der Waals surface area contributed by atoms with Crippen molar-refractivity contribution in [2.24, 2.45) is 0 Å². The third kappa shape index (κ3) is 5.04. The van der Waals surface area contributed by atoms with Gasteiger partial charge in [0.2, 0.25) is 11.0 Å². The molecule has 1 amide bonds. The zero-order chi connectivity index (χ0) is 16.7. The van der Waals surface area contributed by atoms with E-state index in [0.29, 0.717) is 23.9 Å². The Morgan fingerprint density at radius 1 is 1.43 bits per heavy atom. The van der Waals surface area contributed by atoms with Gasteiger partial charge in [-0.2, -0.15) is 0 Å². The SMILES string of the molecule is C=CCNc1nnc(SCC(=O)N(CC)c2ccc(F)cc2)s1. The number of hydrogen-bond acceptors (Lipinski definition) is 6. The highest BCUT2D eigenvalue weighted by molar-refractivity contribution is 8.01. The lowest BCUT2D eigenvalue weighted by atomic mass is 10.3. The number of nitrogens with one attached hydrogen (secondary N) is 1. The molecule has 0 atom stereocenters. The van der Waals surface area contributed by atoms with Crippen LogP contribution in [0.5, 0.6) is 0 Å². The van der Waals surface area contributed by atoms with Gasteiger partial charge in [-0.25, -0.2) is 4.39 Å². The average molecular weight is 352 g/mol. The number of benzene rings is 1. The van der Waals surface area contributed by atoms with E-state index in [1.165, 1.54) is 35.2 Å². The van der Waals surface area contributed by atoms with E-state index in [-0.39, 0.29) is 17.5 Å². The molecule has 1 aromatic carbocycles. The summed E-state index contributed by atoms with van der Waals surface area (Å²) >= 11 is 2.73. The fourth-order valence-corrected chi connectivity index (χ4v) is 3.46. The summed E-state index contributed by atoms with van der Waals surface area (Å²) in [4.78, 5) is 14.0. The fourth-order valence-electron chi connectivity index (χ4n) is 1.82. The first-order chi connectivity index (χ1) is 11.1. The Balaban J connectivity index is 1.93. The Hall–Kier alpha value is -1.93. The van der Waals surface area contributed by atoms with Crippen LogP contribution < -0.4 is 10.2 Å². The van der Waals surface area contributed by atoms with E-state index in [4.69, 9.17) is 0 Å². The number of nitrogens with zero attached hydrogens (tertiary/aromatic N) is 3. The molecule has 0 aliphatic rings. The first-order valence-electron chi connectivity index (χ1n) is 7.01. The second-order valence-electron chi connectivity index (χ2n) is 4.45. The maximum atomic E-state index is 13.0. The number of carbonyl (C=O) groups excluding carboxylic acids is 1. The van der Waals surface area contributed by atoms with Crippen molar-refractivity contribution in [3.8, 4) is 0 Å². The van der Waals surface area contributed by atoms with E-state index >= 15 is 0 Å². The second kappa shape index (κ2) is 8.64. The van der Waals surface area contributed by atoms with Gasteiger partial charge in [0.15, 0.2) is 4.34 Å². The molecule has 0 radical (unpaired) electrons. The molecule has 2 rings (SSSR count). The van der Waals surface area contributed by atoms with Gasteiger partial charge in [-0.1, -0.05) is 29.2 Å². The Bertz CT molecular complexity index is 660. The zero-order valence-electron chi connectivity index (χ0n) is 12.7. The lowest BCUT2D eigenvalue weighted by Gasteiger charge is -2.20. The van der Waals surface area contributed by atoms with Crippen molar-refractivity contribution in [1.82, 2.24) is 10.2 Å². The molecule has 5 nitrogen and oxygen atoms in total. The standard InChI is InChI=1S/C15H17FN4OS2/c1-3-9-17-14-18-19-15(23-14)22-10-13(21)20(4-2)12-7-5-11(16)6-8-12/h3,5-8H,1,4,9-10H2,2H3,(H,17,18). The van der Waals surface area contributed by atoms with Crippen LogP contribution in [0.15, 0.2) is 41.3 Å². The predicted molar refractivity (Wildman–Crippen MR) is 93.7 cm³/mol. The maximum absolute atomic E-state index is 13.0. The van der Waals surface area contributed by atoms with E-state index in [1.54, 1.807) is 23.1 Å². The molecule has 8 heteroatoms. The van der Waals surface area contributed by atoms with Crippen LogP contribution in [0.3, 0.4) is 0 Å². The van der Waals surface area contributed by atoms with Crippen molar-refractivity contribution in [2.45, 2.75) is 11.3 Å². The normalized spacial score (nSPS) is 10.3. The molecule has 0 spiro atoms. The van der Waals surface area contributed by atoms with Crippen LogP contribution in [-0.4, -0.2) is 34.9 Å². The molecule has 0 saturated heterocycles. The van der Waals surface area contributed by atoms with Crippen molar-refractivity contribution in [3.05, 3.63) is 42.7 Å². The Kier molecular flexibility index (Phi) is 6.54. The molecule has 0 saturated carbocycles. The van der Waals surface area contributed by atoms with E-state index in [9.17, 15) is 9.18 Å². The summed E-state index contributed by atoms with van der Waals surface area (Å²) < 4.78 is 13.7. The first-order valence-corrected chi connectivity index (χ1v) is 8.81. The third-order valence-electron chi connectivity index (χ3n) is 2.88. The molecule has 1 N–H and O–H groups in total. The van der Waals surface area contributed by atoms with Gasteiger partial charge in [0.05, 0.1) is 5.75 Å². The first kappa shape index (κ1) is 17.4. The predicted octanol–water partition coefficient (Wildman–Crippen LogP) is 3.42. The van der Waals surface area contributed by atoms with Gasteiger partial charge < -0.3 is 10.2 Å². The Morgan fingerprint density at radius 2 is 2.17 bits per heavy atom. The number of halogens is 1. The summed E-state index contributed by atoms with van der Waals surface area (Å²) in [6.45, 7) is 6.64. The van der Waals surface area contributed by atoms with Crippen LogP contribution in [0.4, 0.5) is 15.2 Å². The highest BCUT2D eigenvalue weighted by atomic mass is 32.2. The van der Waals surface area contributed by atoms with Gasteiger partial charge in [-0.05, 0) is 31.2 Å². The molecule has 0 unspecified atom stereocenters. The van der Waals surface area contributed by atoms with Gasteiger partial charge in [-0.3, -0.25) is 4.79 Å². The van der Waals surface area contributed by atoms with Gasteiger partial charge >= 0.3 is 0 Å². The van der Waals surface area contributed by atoms with Crippen molar-refractivity contribution in [1.29, 1.82) is 0 Å². The number of hydrogen-bond donors (Lipinski definition) is 1. The van der Waals surface area contributed by atoms with Crippen LogP contribution in [0, 0.1) is 5.82 Å². The number of anilines is 2. The molecule has 2 aromatic rings. The monoisotopic (exact) mass is 352 g/mol. The summed E-state index contributed by atoms with van der Waals surface area (Å²) in [6, 6.07) is 5.90. The maximum Gasteiger partial charge on any atom is 0.237 e. The molecule has 0 fully saturated rings. The van der Waals surface area contributed by atoms with E-state index in [1.807, 2.05) is 6.92 Å². The van der Waals surface area contributed by atoms with Crippen LogP contribution in [0.2, 0.25) is 0 Å². The zero-order valence-corrected chi connectivity index (χ0v) is 14.3. The lowest BCUT2D eigenvalue weighted by molar-refractivity contribution is -0.116. The molecule has 0 bridgehead atoms. The topological polar surface area (TPSA) is 58.1 Å². The minimum Gasteiger partial charge on any atom is -0.357 e. The lowest BCUT2D eigenvalue weighted by Crippen LogP contribution is -2.32. The van der Waals surface area contributed by atoms with Crippen LogP contribution >= 0.6 is 23.1 Å². The Labute approximate surface area is 142 Å². The quantitative estimate of drug-likeness (QED) is 0.583. The summed E-state index contributed by atoms with van der Waals surface area (Å²) in [5, 5.41) is 11.8. The average Bonchev–Trinajstić information content (AvgIpc) is 3.01. The van der Waals surface area contributed by atoms with Gasteiger partial charge in [0.1, 0.15) is 5.82 Å². The van der Waals surface area contributed by atoms with Crippen molar-refractivity contribution < 1.29 is 9.18 Å². The van der Waals surface area contributed by atoms with Crippen molar-refractivity contribution >= 4 is 39.8 Å². The molecular formula is C15H17FN4OS2. The highest BCUT2D eigenvalue weighted by Gasteiger charge is 2.15. The second-order valence-corrected chi connectivity index (χ2v) is 6.65. The number of thioether (sulfide) groups is 1. The summed E-state index contributed by atoms with van der Waals surface area (Å²) in [7, 11) is 0. The minimum absolute atomic E-state index is 0.0556. The van der Waals surface area contributed by atoms with Crippen LogP contribution in [-0.2, 0) is 4.79 Å². The van der Waals surface area contributed by atoms with Crippen molar-refractivity contribution in [3.63, 3.8) is 0 Å². The largest absolute Gasteiger partial charge is 0.357 e. The summed E-state index contributed by atoms with van der Waals surface area (Å²) in [5.41, 5.74) is 0.685. The molecule has 0 aliphatic carbocycles. The smallest absolute Gasteiger partial charge is 0.237 e. The molecular weight excluding hydrogens is 335 g/mol. The summed E-state index contributed by atoms with van der Waals surface area (Å²) in [5.74, 6) is -0.124. The minimum atomic E-state index is -0.319. The molecule has 1 aromatic heterocycles. The fraction of sp³-hybridized carbons (Fsp3) is 0.267. The number of aromatic nitrogens is 2. The molecule has 1 heterocycles. The van der Waals surface area contributed by atoms with E-state index < -0.39 is 0 Å².